The van der Waals surface area contributed by atoms with Crippen molar-refractivity contribution in [2.24, 2.45) is 0 Å². The Balaban J connectivity index is 1.89. The number of ether oxygens (including phenoxy) is 1. The Bertz CT molecular complexity index is 517. The van der Waals surface area contributed by atoms with E-state index in [1.807, 2.05) is 29.2 Å². The summed E-state index contributed by atoms with van der Waals surface area (Å²) in [7, 11) is 0. The fraction of sp³-hybridized carbons (Fsp3) is 0.562. The number of nitrogens with one attached hydrogen (secondary N) is 1. The molecule has 4 nitrogen and oxygen atoms in total. The zero-order valence-electron chi connectivity index (χ0n) is 12.2. The Kier molecular flexibility index (Phi) is 4.48. The van der Waals surface area contributed by atoms with Crippen LogP contribution < -0.4 is 5.32 Å². The van der Waals surface area contributed by atoms with E-state index in [1.165, 1.54) is 0 Å². The lowest BCUT2D eigenvalue weighted by atomic mass is 10.1. The van der Waals surface area contributed by atoms with Gasteiger partial charge in [-0.05, 0) is 30.5 Å². The number of carbonyl (C=O) groups excluding carboxylic acids is 1. The number of hydrogen-bond donors (Lipinski definition) is 1. The molecule has 0 aliphatic carbocycles. The minimum atomic E-state index is -0.0977. The summed E-state index contributed by atoms with van der Waals surface area (Å²) in [6, 6.07) is 7.81. The summed E-state index contributed by atoms with van der Waals surface area (Å²) >= 11 is 6.11. The number of rotatable bonds is 4. The summed E-state index contributed by atoms with van der Waals surface area (Å²) in [6.07, 6.45) is 2.66. The first-order chi connectivity index (χ1) is 10.2. The maximum absolute atomic E-state index is 12.7. The highest BCUT2D eigenvalue weighted by atomic mass is 35.5. The van der Waals surface area contributed by atoms with Crippen molar-refractivity contribution in [3.05, 3.63) is 34.9 Å². The van der Waals surface area contributed by atoms with Crippen molar-refractivity contribution in [1.82, 2.24) is 10.2 Å². The predicted molar refractivity (Wildman–Crippen MR) is 82.1 cm³/mol. The molecule has 0 saturated carbocycles. The molecule has 1 aromatic carbocycles. The largest absolute Gasteiger partial charge is 0.379 e. The Hall–Kier alpha value is -1.10. The molecule has 2 aliphatic rings. The lowest BCUT2D eigenvalue weighted by Crippen LogP contribution is -2.40. The number of hydrogen-bond acceptors (Lipinski definition) is 3. The molecule has 1 amide bonds. The van der Waals surface area contributed by atoms with Crippen LogP contribution in [-0.2, 0) is 9.53 Å². The molecule has 3 atom stereocenters. The molecule has 2 heterocycles. The molecule has 21 heavy (non-hydrogen) atoms. The quantitative estimate of drug-likeness (QED) is 0.930. The van der Waals surface area contributed by atoms with Gasteiger partial charge >= 0.3 is 0 Å². The first kappa shape index (κ1) is 14.8. The van der Waals surface area contributed by atoms with E-state index >= 15 is 0 Å². The molecule has 0 spiro atoms. The van der Waals surface area contributed by atoms with Gasteiger partial charge < -0.3 is 9.64 Å². The molecular weight excluding hydrogens is 288 g/mol. The SMILES string of the molecule is CCCC1NC(c2cccc(Cl)c2)N(C2CCOC2)C1=O. The standard InChI is InChI=1S/C16H21ClN2O2/c1-2-4-14-16(20)19(13-7-8-21-10-13)15(18-14)11-5-3-6-12(17)9-11/h3,5-6,9,13-15,18H,2,4,7-8,10H2,1H3. The highest BCUT2D eigenvalue weighted by Crippen LogP contribution is 2.32. The molecule has 3 unspecified atom stereocenters. The van der Waals surface area contributed by atoms with E-state index in [2.05, 4.69) is 12.2 Å². The van der Waals surface area contributed by atoms with Gasteiger partial charge in [0.25, 0.3) is 0 Å². The molecule has 2 saturated heterocycles. The van der Waals surface area contributed by atoms with Gasteiger partial charge in [-0.1, -0.05) is 37.1 Å². The summed E-state index contributed by atoms with van der Waals surface area (Å²) in [5.41, 5.74) is 1.04. The zero-order valence-corrected chi connectivity index (χ0v) is 13.0. The molecule has 0 aromatic heterocycles. The van der Waals surface area contributed by atoms with Gasteiger partial charge in [0.2, 0.25) is 5.91 Å². The summed E-state index contributed by atoms with van der Waals surface area (Å²) in [5.74, 6) is 0.192. The molecule has 114 valence electrons. The fourth-order valence-corrected chi connectivity index (χ4v) is 3.41. The van der Waals surface area contributed by atoms with Crippen LogP contribution in [0.2, 0.25) is 5.02 Å². The average molecular weight is 309 g/mol. The molecule has 2 fully saturated rings. The monoisotopic (exact) mass is 308 g/mol. The van der Waals surface area contributed by atoms with Crippen molar-refractivity contribution in [3.8, 4) is 0 Å². The van der Waals surface area contributed by atoms with Crippen molar-refractivity contribution >= 4 is 17.5 Å². The molecule has 3 rings (SSSR count). The van der Waals surface area contributed by atoms with Gasteiger partial charge in [-0.15, -0.1) is 0 Å². The fourth-order valence-electron chi connectivity index (χ4n) is 3.21. The van der Waals surface area contributed by atoms with Crippen molar-refractivity contribution in [3.63, 3.8) is 0 Å². The second kappa shape index (κ2) is 6.34. The molecule has 5 heteroatoms. The number of halogens is 1. The predicted octanol–water partition coefficient (Wildman–Crippen LogP) is 2.73. The van der Waals surface area contributed by atoms with E-state index in [1.54, 1.807) is 0 Å². The van der Waals surface area contributed by atoms with Crippen LogP contribution in [0.4, 0.5) is 0 Å². The van der Waals surface area contributed by atoms with Crippen LogP contribution in [0, 0.1) is 0 Å². The smallest absolute Gasteiger partial charge is 0.241 e. The van der Waals surface area contributed by atoms with Crippen molar-refractivity contribution < 1.29 is 9.53 Å². The Morgan fingerprint density at radius 2 is 2.33 bits per heavy atom. The highest BCUT2D eigenvalue weighted by Gasteiger charge is 2.43. The first-order valence-electron chi connectivity index (χ1n) is 7.62. The molecule has 1 aromatic rings. The second-order valence-corrected chi connectivity index (χ2v) is 6.16. The Morgan fingerprint density at radius 1 is 1.48 bits per heavy atom. The first-order valence-corrected chi connectivity index (χ1v) is 8.00. The molecular formula is C16H21ClN2O2. The summed E-state index contributed by atoms with van der Waals surface area (Å²) in [4.78, 5) is 14.7. The minimum absolute atomic E-state index is 0.0976. The lowest BCUT2D eigenvalue weighted by molar-refractivity contribution is -0.132. The molecule has 0 bridgehead atoms. The third-order valence-electron chi connectivity index (χ3n) is 4.23. The van der Waals surface area contributed by atoms with E-state index in [9.17, 15) is 4.79 Å². The summed E-state index contributed by atoms with van der Waals surface area (Å²) in [6.45, 7) is 3.46. The molecule has 1 N–H and O–H groups in total. The van der Waals surface area contributed by atoms with Crippen LogP contribution in [0.5, 0.6) is 0 Å². The van der Waals surface area contributed by atoms with Crippen LogP contribution >= 0.6 is 11.6 Å². The van der Waals surface area contributed by atoms with Gasteiger partial charge in [0.1, 0.15) is 6.17 Å². The molecule has 0 radical (unpaired) electrons. The summed E-state index contributed by atoms with van der Waals surface area (Å²) in [5, 5.41) is 4.17. The van der Waals surface area contributed by atoms with Crippen LogP contribution in [0.1, 0.15) is 37.9 Å². The van der Waals surface area contributed by atoms with E-state index in [-0.39, 0.29) is 24.2 Å². The van der Waals surface area contributed by atoms with Crippen LogP contribution in [0.25, 0.3) is 0 Å². The van der Waals surface area contributed by atoms with E-state index in [0.29, 0.717) is 11.6 Å². The number of amides is 1. The number of nitrogens with zero attached hydrogens (tertiary/aromatic N) is 1. The third-order valence-corrected chi connectivity index (χ3v) is 4.47. The van der Waals surface area contributed by atoms with E-state index in [0.717, 1.165) is 31.4 Å². The summed E-state index contributed by atoms with van der Waals surface area (Å²) < 4.78 is 5.47. The van der Waals surface area contributed by atoms with Gasteiger partial charge in [0, 0.05) is 11.6 Å². The number of carbonyl (C=O) groups is 1. The topological polar surface area (TPSA) is 41.6 Å². The third kappa shape index (κ3) is 2.93. The van der Waals surface area contributed by atoms with Gasteiger partial charge in [0.15, 0.2) is 0 Å². The van der Waals surface area contributed by atoms with Crippen molar-refractivity contribution in [2.45, 2.75) is 44.4 Å². The minimum Gasteiger partial charge on any atom is -0.379 e. The zero-order chi connectivity index (χ0) is 14.8. The normalized spacial score (nSPS) is 29.3. The van der Waals surface area contributed by atoms with Crippen LogP contribution in [0.3, 0.4) is 0 Å². The van der Waals surface area contributed by atoms with Crippen LogP contribution in [0.15, 0.2) is 24.3 Å². The van der Waals surface area contributed by atoms with Gasteiger partial charge in [-0.25, -0.2) is 0 Å². The second-order valence-electron chi connectivity index (χ2n) is 5.73. The van der Waals surface area contributed by atoms with Crippen molar-refractivity contribution in [2.75, 3.05) is 13.2 Å². The van der Waals surface area contributed by atoms with E-state index < -0.39 is 0 Å². The van der Waals surface area contributed by atoms with Crippen molar-refractivity contribution in [1.29, 1.82) is 0 Å². The van der Waals surface area contributed by atoms with Gasteiger partial charge in [-0.3, -0.25) is 10.1 Å². The van der Waals surface area contributed by atoms with E-state index in [4.69, 9.17) is 16.3 Å². The number of benzene rings is 1. The average Bonchev–Trinajstić information content (AvgIpc) is 3.08. The van der Waals surface area contributed by atoms with Gasteiger partial charge in [-0.2, -0.15) is 0 Å². The maximum Gasteiger partial charge on any atom is 0.241 e. The lowest BCUT2D eigenvalue weighted by Gasteiger charge is -2.29. The maximum atomic E-state index is 12.7. The molecule has 2 aliphatic heterocycles. The van der Waals surface area contributed by atoms with Gasteiger partial charge in [0.05, 0.1) is 18.7 Å². The highest BCUT2D eigenvalue weighted by molar-refractivity contribution is 6.30. The Labute approximate surface area is 130 Å². The van der Waals surface area contributed by atoms with Crippen LogP contribution in [-0.4, -0.2) is 36.1 Å². The Morgan fingerprint density at radius 3 is 3.00 bits per heavy atom.